The van der Waals surface area contributed by atoms with Gasteiger partial charge < -0.3 is 15.0 Å². The lowest BCUT2D eigenvalue weighted by atomic mass is 10.1. The molecule has 6 heteroatoms. The number of nitrogens with zero attached hydrogens (tertiary/aromatic N) is 2. The number of hydrogen-bond donors (Lipinski definition) is 2. The monoisotopic (exact) mass is 412 g/mol. The number of nitrogens with one attached hydrogen (secondary N) is 2. The molecule has 2 N–H and O–H groups in total. The van der Waals surface area contributed by atoms with E-state index in [-0.39, 0.29) is 0 Å². The molecule has 0 amide bonds. The van der Waals surface area contributed by atoms with Crippen molar-refractivity contribution >= 4 is 34.1 Å². The van der Waals surface area contributed by atoms with E-state index in [4.69, 9.17) is 16.3 Å². The second kappa shape index (κ2) is 7.89. The lowest BCUT2D eigenvalue weighted by Crippen LogP contribution is -1.95. The second-order valence-electron chi connectivity index (χ2n) is 6.73. The summed E-state index contributed by atoms with van der Waals surface area (Å²) < 4.78 is 5.84. The van der Waals surface area contributed by atoms with Crippen molar-refractivity contribution < 1.29 is 4.74 Å². The van der Waals surface area contributed by atoms with Gasteiger partial charge in [-0.15, -0.1) is 0 Å². The Hall–Kier alpha value is -3.83. The number of benzene rings is 2. The van der Waals surface area contributed by atoms with Crippen LogP contribution in [0.5, 0.6) is 11.5 Å². The molecule has 0 fully saturated rings. The number of H-pyrrole nitrogens is 1. The van der Waals surface area contributed by atoms with E-state index in [1.165, 1.54) is 0 Å². The van der Waals surface area contributed by atoms with Gasteiger partial charge in [0, 0.05) is 29.0 Å². The standard InChI is InChI=1S/C24H17ClN4O/c25-22-13-16(21-15-27-24-20(21)7-4-12-26-24)14-23(29-22)28-17-8-10-19(11-9-17)30-18-5-2-1-3-6-18/h1-15H,(H,26,27)(H,28,29). The van der Waals surface area contributed by atoms with Crippen LogP contribution in [-0.2, 0) is 0 Å². The minimum atomic E-state index is 0.414. The first-order valence-corrected chi connectivity index (χ1v) is 9.82. The third-order valence-corrected chi connectivity index (χ3v) is 4.86. The predicted octanol–water partition coefficient (Wildman–Crippen LogP) is 6.81. The first-order valence-electron chi connectivity index (χ1n) is 9.45. The van der Waals surface area contributed by atoms with Gasteiger partial charge in [-0.3, -0.25) is 0 Å². The van der Waals surface area contributed by atoms with Crippen molar-refractivity contribution in [2.24, 2.45) is 0 Å². The zero-order valence-corrected chi connectivity index (χ0v) is 16.6. The van der Waals surface area contributed by atoms with Crippen molar-refractivity contribution in [2.45, 2.75) is 0 Å². The van der Waals surface area contributed by atoms with Crippen LogP contribution < -0.4 is 10.1 Å². The van der Waals surface area contributed by atoms with Crippen molar-refractivity contribution in [3.05, 3.63) is 96.4 Å². The zero-order chi connectivity index (χ0) is 20.3. The number of aromatic amines is 1. The minimum Gasteiger partial charge on any atom is -0.457 e. The first-order chi connectivity index (χ1) is 14.7. The molecule has 0 spiro atoms. The Balaban J connectivity index is 1.39. The van der Waals surface area contributed by atoms with Crippen molar-refractivity contribution in [2.75, 3.05) is 5.32 Å². The van der Waals surface area contributed by atoms with Crippen LogP contribution in [0.2, 0.25) is 5.15 Å². The van der Waals surface area contributed by atoms with Crippen LogP contribution >= 0.6 is 11.6 Å². The molecule has 3 heterocycles. The highest BCUT2D eigenvalue weighted by atomic mass is 35.5. The fourth-order valence-electron chi connectivity index (χ4n) is 3.29. The topological polar surface area (TPSA) is 62.8 Å². The number of hydrogen-bond acceptors (Lipinski definition) is 4. The number of ether oxygens (including phenoxy) is 1. The lowest BCUT2D eigenvalue weighted by Gasteiger charge is -2.10. The van der Waals surface area contributed by atoms with Gasteiger partial charge in [-0.25, -0.2) is 9.97 Å². The van der Waals surface area contributed by atoms with Gasteiger partial charge in [0.1, 0.15) is 28.1 Å². The number of anilines is 2. The highest BCUT2D eigenvalue weighted by Gasteiger charge is 2.10. The summed E-state index contributed by atoms with van der Waals surface area (Å²) in [5.74, 6) is 2.22. The van der Waals surface area contributed by atoms with E-state index >= 15 is 0 Å². The molecular formula is C24H17ClN4O. The molecule has 0 saturated carbocycles. The van der Waals surface area contributed by atoms with Crippen LogP contribution in [0.15, 0.2) is 91.3 Å². The van der Waals surface area contributed by atoms with Crippen molar-refractivity contribution in [3.8, 4) is 22.6 Å². The van der Waals surface area contributed by atoms with Crippen LogP contribution in [-0.4, -0.2) is 15.0 Å². The number of para-hydroxylation sites is 1. The number of aromatic nitrogens is 3. The Bertz CT molecular complexity index is 1300. The molecule has 5 aromatic rings. The molecule has 5 nitrogen and oxygen atoms in total. The largest absolute Gasteiger partial charge is 0.457 e. The number of halogens is 1. The maximum Gasteiger partial charge on any atom is 0.137 e. The zero-order valence-electron chi connectivity index (χ0n) is 15.8. The maximum absolute atomic E-state index is 6.30. The van der Waals surface area contributed by atoms with Gasteiger partial charge in [-0.2, -0.15) is 0 Å². The molecule has 0 radical (unpaired) electrons. The summed E-state index contributed by atoms with van der Waals surface area (Å²) in [5, 5.41) is 4.76. The summed E-state index contributed by atoms with van der Waals surface area (Å²) >= 11 is 6.30. The van der Waals surface area contributed by atoms with Crippen LogP contribution in [0.3, 0.4) is 0 Å². The van der Waals surface area contributed by atoms with Crippen LogP contribution in [0.25, 0.3) is 22.2 Å². The highest BCUT2D eigenvalue weighted by Crippen LogP contribution is 2.31. The average Bonchev–Trinajstić information content (AvgIpc) is 3.20. The van der Waals surface area contributed by atoms with E-state index < -0.39 is 0 Å². The van der Waals surface area contributed by atoms with E-state index in [0.29, 0.717) is 11.0 Å². The third-order valence-electron chi connectivity index (χ3n) is 4.66. The Morgan fingerprint density at radius 2 is 1.67 bits per heavy atom. The Kier molecular flexibility index (Phi) is 4.79. The Morgan fingerprint density at radius 1 is 0.867 bits per heavy atom. The first kappa shape index (κ1) is 18.2. The molecule has 2 aromatic carbocycles. The van der Waals surface area contributed by atoms with E-state index in [9.17, 15) is 0 Å². The fraction of sp³-hybridized carbons (Fsp3) is 0. The molecule has 30 heavy (non-hydrogen) atoms. The molecule has 0 aliphatic rings. The molecular weight excluding hydrogens is 396 g/mol. The summed E-state index contributed by atoms with van der Waals surface area (Å²) in [6.45, 7) is 0. The quantitative estimate of drug-likeness (QED) is 0.311. The minimum absolute atomic E-state index is 0.414. The van der Waals surface area contributed by atoms with E-state index in [1.54, 1.807) is 6.20 Å². The molecule has 0 unspecified atom stereocenters. The molecule has 0 atom stereocenters. The van der Waals surface area contributed by atoms with Crippen molar-refractivity contribution in [3.63, 3.8) is 0 Å². The van der Waals surface area contributed by atoms with Gasteiger partial charge in [-0.1, -0.05) is 29.8 Å². The molecule has 5 rings (SSSR count). The Labute approximate surface area is 178 Å². The molecule has 0 aliphatic heterocycles. The fourth-order valence-corrected chi connectivity index (χ4v) is 3.50. The van der Waals surface area contributed by atoms with Crippen LogP contribution in [0.1, 0.15) is 0 Å². The summed E-state index contributed by atoms with van der Waals surface area (Å²) in [4.78, 5) is 11.9. The molecule has 0 bridgehead atoms. The maximum atomic E-state index is 6.30. The normalized spacial score (nSPS) is 10.8. The van der Waals surface area contributed by atoms with Gasteiger partial charge in [0.2, 0.25) is 0 Å². The van der Waals surface area contributed by atoms with Crippen molar-refractivity contribution in [1.82, 2.24) is 15.0 Å². The molecule has 146 valence electrons. The third kappa shape index (κ3) is 3.83. The highest BCUT2D eigenvalue weighted by molar-refractivity contribution is 6.29. The number of rotatable bonds is 5. The summed E-state index contributed by atoms with van der Waals surface area (Å²) in [6, 6.07) is 25.1. The summed E-state index contributed by atoms with van der Waals surface area (Å²) in [5.41, 5.74) is 3.71. The number of pyridine rings is 2. The van der Waals surface area contributed by atoms with E-state index in [0.717, 1.165) is 39.3 Å². The second-order valence-corrected chi connectivity index (χ2v) is 7.12. The van der Waals surface area contributed by atoms with Gasteiger partial charge in [0.15, 0.2) is 0 Å². The molecule has 0 aliphatic carbocycles. The molecule has 0 saturated heterocycles. The van der Waals surface area contributed by atoms with Gasteiger partial charge >= 0.3 is 0 Å². The van der Waals surface area contributed by atoms with Gasteiger partial charge in [0.05, 0.1) is 0 Å². The van der Waals surface area contributed by atoms with E-state index in [2.05, 4.69) is 20.3 Å². The Morgan fingerprint density at radius 3 is 2.50 bits per heavy atom. The smallest absolute Gasteiger partial charge is 0.137 e. The van der Waals surface area contributed by atoms with E-state index in [1.807, 2.05) is 85.1 Å². The predicted molar refractivity (Wildman–Crippen MR) is 121 cm³/mol. The lowest BCUT2D eigenvalue weighted by molar-refractivity contribution is 0.483. The average molecular weight is 413 g/mol. The van der Waals surface area contributed by atoms with Gasteiger partial charge in [-0.05, 0) is 66.2 Å². The van der Waals surface area contributed by atoms with Crippen molar-refractivity contribution in [1.29, 1.82) is 0 Å². The van der Waals surface area contributed by atoms with Gasteiger partial charge in [0.25, 0.3) is 0 Å². The van der Waals surface area contributed by atoms with Crippen LogP contribution in [0.4, 0.5) is 11.5 Å². The summed E-state index contributed by atoms with van der Waals surface area (Å²) in [7, 11) is 0. The van der Waals surface area contributed by atoms with Crippen LogP contribution in [0, 0.1) is 0 Å². The molecule has 3 aromatic heterocycles. The SMILES string of the molecule is Clc1cc(-c2c[nH]c3ncccc23)cc(Nc2ccc(Oc3ccccc3)cc2)n1. The summed E-state index contributed by atoms with van der Waals surface area (Å²) in [6.07, 6.45) is 3.70. The number of fused-ring (bicyclic) bond motifs is 1.